The summed E-state index contributed by atoms with van der Waals surface area (Å²) in [6, 6.07) is 7.65. The molecular weight excluding hydrogens is 547 g/mol. The summed E-state index contributed by atoms with van der Waals surface area (Å²) in [7, 11) is -2.49. The molecule has 1 aromatic heterocycles. The summed E-state index contributed by atoms with van der Waals surface area (Å²) in [5, 5.41) is 11.2. The van der Waals surface area contributed by atoms with Gasteiger partial charge in [-0.3, -0.25) is 9.69 Å². The van der Waals surface area contributed by atoms with Crippen molar-refractivity contribution in [1.29, 1.82) is 0 Å². The topological polar surface area (TPSA) is 106 Å². The van der Waals surface area contributed by atoms with E-state index in [-0.39, 0.29) is 11.9 Å². The molecule has 3 fully saturated rings. The van der Waals surface area contributed by atoms with E-state index in [2.05, 4.69) is 40.6 Å². The second kappa shape index (κ2) is 13.2. The molecule has 0 aliphatic carbocycles. The maximum absolute atomic E-state index is 13.0. The zero-order chi connectivity index (χ0) is 28.1. The molecule has 2 aromatic rings. The fourth-order valence-electron chi connectivity index (χ4n) is 5.89. The van der Waals surface area contributed by atoms with Crippen molar-refractivity contribution in [1.82, 2.24) is 30.0 Å². The van der Waals surface area contributed by atoms with Gasteiger partial charge in [0.2, 0.25) is 11.9 Å². The summed E-state index contributed by atoms with van der Waals surface area (Å²) in [6.07, 6.45) is 4.68. The van der Waals surface area contributed by atoms with Crippen LogP contribution < -0.4 is 21.3 Å². The highest BCUT2D eigenvalue weighted by Crippen LogP contribution is 2.38. The first-order valence-electron chi connectivity index (χ1n) is 14.4. The Morgan fingerprint density at radius 2 is 1.82 bits per heavy atom. The van der Waals surface area contributed by atoms with Crippen LogP contribution in [-0.2, 0) is 9.36 Å². The number of carbonyl (C=O) groups excluding carboxylic acids is 1. The summed E-state index contributed by atoms with van der Waals surface area (Å²) in [5.74, 6) is 1.87. The van der Waals surface area contributed by atoms with Gasteiger partial charge in [0, 0.05) is 70.2 Å². The fraction of sp³-hybridized carbons (Fsp3) is 0.607. The molecule has 0 radical (unpaired) electrons. The Kier molecular flexibility index (Phi) is 9.64. The minimum atomic E-state index is -2.49. The van der Waals surface area contributed by atoms with E-state index in [0.29, 0.717) is 29.3 Å². The molecule has 0 spiro atoms. The number of amides is 1. The maximum atomic E-state index is 13.0. The lowest BCUT2D eigenvalue weighted by molar-refractivity contribution is -0.133. The van der Waals surface area contributed by atoms with E-state index in [1.165, 1.54) is 0 Å². The molecule has 218 valence electrons. The van der Waals surface area contributed by atoms with Crippen molar-refractivity contribution in [3.63, 3.8) is 0 Å². The average molecular weight is 589 g/mol. The van der Waals surface area contributed by atoms with Crippen LogP contribution in [0.1, 0.15) is 19.3 Å². The van der Waals surface area contributed by atoms with E-state index in [9.17, 15) is 9.36 Å². The molecule has 1 aromatic carbocycles. The highest BCUT2D eigenvalue weighted by Gasteiger charge is 2.29. The van der Waals surface area contributed by atoms with Crippen molar-refractivity contribution in [2.24, 2.45) is 5.92 Å². The molecule has 0 saturated carbocycles. The summed E-state index contributed by atoms with van der Waals surface area (Å²) in [4.78, 5) is 28.9. The molecule has 3 N–H and O–H groups in total. The number of carbonyl (C=O) groups is 1. The van der Waals surface area contributed by atoms with Gasteiger partial charge in [0.1, 0.15) is 12.2 Å². The normalized spacial score (nSPS) is 21.5. The third kappa shape index (κ3) is 7.74. The molecule has 3 aliphatic rings. The number of anilines is 3. The quantitative estimate of drug-likeness (QED) is 0.381. The first kappa shape index (κ1) is 29.3. The van der Waals surface area contributed by atoms with Crippen LogP contribution in [-0.4, -0.2) is 115 Å². The molecule has 5 rings (SSSR count). The zero-order valence-electron chi connectivity index (χ0n) is 23.6. The molecule has 1 amide bonds. The van der Waals surface area contributed by atoms with E-state index < -0.39 is 7.14 Å². The van der Waals surface area contributed by atoms with Gasteiger partial charge in [0.15, 0.2) is 5.82 Å². The molecular formula is C28H42ClN8O2P. The molecule has 1 unspecified atom stereocenters. The second-order valence-corrected chi connectivity index (χ2v) is 15.2. The van der Waals surface area contributed by atoms with Gasteiger partial charge in [-0.2, -0.15) is 4.98 Å². The smallest absolute Gasteiger partial charge is 0.236 e. The lowest BCUT2D eigenvalue weighted by Crippen LogP contribution is -2.48. The van der Waals surface area contributed by atoms with Crippen molar-refractivity contribution in [3.8, 4) is 0 Å². The lowest BCUT2D eigenvalue weighted by atomic mass is 9.96. The van der Waals surface area contributed by atoms with Crippen LogP contribution in [0, 0.1) is 5.92 Å². The van der Waals surface area contributed by atoms with Gasteiger partial charge in [0.05, 0.1) is 18.4 Å². The Balaban J connectivity index is 1.10. The van der Waals surface area contributed by atoms with Crippen molar-refractivity contribution < 1.29 is 9.36 Å². The molecule has 40 heavy (non-hydrogen) atoms. The van der Waals surface area contributed by atoms with Crippen molar-refractivity contribution in [2.45, 2.75) is 25.3 Å². The molecule has 10 nitrogen and oxygen atoms in total. The van der Waals surface area contributed by atoms with Crippen LogP contribution in [0.25, 0.3) is 0 Å². The third-order valence-corrected chi connectivity index (χ3v) is 9.97. The number of nitrogens with zero attached hydrogens (tertiary/aromatic N) is 5. The summed E-state index contributed by atoms with van der Waals surface area (Å²) in [5.41, 5.74) is 0.723. The SMILES string of the molecule is CP(C)(=O)c1ccccc1Nc1nc(NC2CCN(CC(=O)N3CCC(CN4CCNCC4)CC3)C2)ncc1Cl. The largest absolute Gasteiger partial charge is 0.350 e. The Morgan fingerprint density at radius 3 is 2.58 bits per heavy atom. The summed E-state index contributed by atoms with van der Waals surface area (Å²) >= 11 is 6.40. The van der Waals surface area contributed by atoms with Crippen LogP contribution in [0.4, 0.5) is 17.5 Å². The second-order valence-electron chi connectivity index (χ2n) is 11.6. The first-order valence-corrected chi connectivity index (χ1v) is 17.4. The van der Waals surface area contributed by atoms with Crippen LogP contribution in [0.5, 0.6) is 0 Å². The number of likely N-dealkylation sites (tertiary alicyclic amines) is 2. The van der Waals surface area contributed by atoms with Crippen molar-refractivity contribution >= 4 is 47.4 Å². The van der Waals surface area contributed by atoms with E-state index in [4.69, 9.17) is 11.6 Å². The molecule has 3 saturated heterocycles. The van der Waals surface area contributed by atoms with Crippen LogP contribution in [0.2, 0.25) is 5.02 Å². The zero-order valence-corrected chi connectivity index (χ0v) is 25.3. The first-order chi connectivity index (χ1) is 19.2. The number of halogens is 1. The number of nitrogens with one attached hydrogen (secondary N) is 3. The van der Waals surface area contributed by atoms with Crippen molar-refractivity contribution in [3.05, 3.63) is 35.5 Å². The predicted octanol–water partition coefficient (Wildman–Crippen LogP) is 2.75. The maximum Gasteiger partial charge on any atom is 0.236 e. The van der Waals surface area contributed by atoms with Crippen molar-refractivity contribution in [2.75, 3.05) is 89.4 Å². The minimum Gasteiger partial charge on any atom is -0.350 e. The monoisotopic (exact) mass is 588 g/mol. The number of hydrogen-bond acceptors (Lipinski definition) is 9. The van der Waals surface area contributed by atoms with Gasteiger partial charge >= 0.3 is 0 Å². The van der Waals surface area contributed by atoms with Gasteiger partial charge in [-0.1, -0.05) is 23.7 Å². The molecule has 4 heterocycles. The van der Waals surface area contributed by atoms with Gasteiger partial charge in [-0.05, 0) is 50.6 Å². The summed E-state index contributed by atoms with van der Waals surface area (Å²) < 4.78 is 12.8. The van der Waals surface area contributed by atoms with E-state index in [1.54, 1.807) is 19.5 Å². The third-order valence-electron chi connectivity index (χ3n) is 8.14. The van der Waals surface area contributed by atoms with Gasteiger partial charge in [-0.25, -0.2) is 4.98 Å². The highest BCUT2D eigenvalue weighted by molar-refractivity contribution is 7.70. The Bertz CT molecular complexity index is 1210. The lowest BCUT2D eigenvalue weighted by Gasteiger charge is -2.36. The van der Waals surface area contributed by atoms with Gasteiger partial charge in [-0.15, -0.1) is 0 Å². The van der Waals surface area contributed by atoms with Gasteiger partial charge in [0.25, 0.3) is 0 Å². The van der Waals surface area contributed by atoms with Crippen LogP contribution in [0.3, 0.4) is 0 Å². The highest BCUT2D eigenvalue weighted by atomic mass is 35.5. The molecule has 0 bridgehead atoms. The number of rotatable bonds is 9. The molecule has 3 aliphatic heterocycles. The average Bonchev–Trinajstić information content (AvgIpc) is 3.37. The van der Waals surface area contributed by atoms with Crippen LogP contribution >= 0.6 is 18.7 Å². The van der Waals surface area contributed by atoms with Gasteiger partial charge < -0.3 is 30.3 Å². The summed E-state index contributed by atoms with van der Waals surface area (Å²) in [6.45, 7) is 12.9. The van der Waals surface area contributed by atoms with Crippen LogP contribution in [0.15, 0.2) is 30.5 Å². The van der Waals surface area contributed by atoms with E-state index in [0.717, 1.165) is 89.2 Å². The minimum absolute atomic E-state index is 0.144. The number of benzene rings is 1. The van der Waals surface area contributed by atoms with E-state index >= 15 is 0 Å². The Hall–Kier alpha value is -2.23. The Morgan fingerprint density at radius 1 is 1.07 bits per heavy atom. The Labute approximate surface area is 242 Å². The van der Waals surface area contributed by atoms with E-state index in [1.807, 2.05) is 24.3 Å². The standard InChI is InChI=1S/C28H42ClN8O2P/c1-40(2,39)25-6-4-3-5-24(25)33-27-23(29)17-31-28(34-27)32-22-9-12-36(19-22)20-26(38)37-13-7-21(8-14-37)18-35-15-10-30-11-16-35/h3-6,17,21-22,30H,7-16,18-20H2,1-2H3,(H2,31,32,33,34). The number of piperidine rings is 1. The number of hydrogen-bond donors (Lipinski definition) is 3. The number of aromatic nitrogens is 2. The number of piperazine rings is 1. The number of para-hydroxylation sites is 1. The predicted molar refractivity (Wildman–Crippen MR) is 163 cm³/mol. The molecule has 1 atom stereocenters. The fourth-order valence-corrected chi connectivity index (χ4v) is 7.19. The molecule has 12 heteroatoms.